The summed E-state index contributed by atoms with van der Waals surface area (Å²) in [6, 6.07) is 4.15. The maximum absolute atomic E-state index is 13.3. The Morgan fingerprint density at radius 2 is 2.17 bits per heavy atom. The van der Waals surface area contributed by atoms with Crippen LogP contribution in [0.3, 0.4) is 0 Å². The van der Waals surface area contributed by atoms with Crippen molar-refractivity contribution in [2.45, 2.75) is 6.42 Å². The Morgan fingerprint density at radius 3 is 2.83 bits per heavy atom. The first-order valence-electron chi connectivity index (χ1n) is 5.61. The molecule has 1 aromatic carbocycles. The van der Waals surface area contributed by atoms with Gasteiger partial charge in [-0.3, -0.25) is 0 Å². The molecule has 0 aliphatic carbocycles. The molecule has 4 nitrogen and oxygen atoms in total. The van der Waals surface area contributed by atoms with E-state index in [0.717, 1.165) is 24.0 Å². The SMILES string of the molecule is O=C(O)c1c(F)cccc1NCCSCCCO. The second kappa shape index (κ2) is 7.94. The van der Waals surface area contributed by atoms with Crippen molar-refractivity contribution >= 4 is 23.4 Å². The van der Waals surface area contributed by atoms with Gasteiger partial charge in [0, 0.05) is 18.9 Å². The number of benzene rings is 1. The number of aromatic carboxylic acids is 1. The van der Waals surface area contributed by atoms with E-state index in [9.17, 15) is 9.18 Å². The van der Waals surface area contributed by atoms with Crippen molar-refractivity contribution in [3.8, 4) is 0 Å². The third kappa shape index (κ3) is 4.54. The number of nitrogens with one attached hydrogen (secondary N) is 1. The molecule has 0 saturated heterocycles. The van der Waals surface area contributed by atoms with Gasteiger partial charge in [-0.1, -0.05) is 6.07 Å². The lowest BCUT2D eigenvalue weighted by Gasteiger charge is -2.09. The zero-order valence-electron chi connectivity index (χ0n) is 9.86. The maximum Gasteiger partial charge on any atom is 0.340 e. The van der Waals surface area contributed by atoms with Crippen LogP contribution in [0.4, 0.5) is 10.1 Å². The summed E-state index contributed by atoms with van der Waals surface area (Å²) in [5, 5.41) is 20.4. The fraction of sp³-hybridized carbons (Fsp3) is 0.417. The fourth-order valence-electron chi connectivity index (χ4n) is 1.42. The van der Waals surface area contributed by atoms with Gasteiger partial charge >= 0.3 is 5.97 Å². The topological polar surface area (TPSA) is 69.6 Å². The van der Waals surface area contributed by atoms with Crippen LogP contribution in [0.15, 0.2) is 18.2 Å². The quantitative estimate of drug-likeness (QED) is 0.632. The number of hydrogen-bond donors (Lipinski definition) is 3. The second-order valence-electron chi connectivity index (χ2n) is 3.58. The maximum atomic E-state index is 13.3. The summed E-state index contributed by atoms with van der Waals surface area (Å²) in [5.74, 6) is -0.383. The lowest BCUT2D eigenvalue weighted by molar-refractivity contribution is 0.0693. The zero-order chi connectivity index (χ0) is 13.4. The van der Waals surface area contributed by atoms with E-state index in [2.05, 4.69) is 5.32 Å². The first-order chi connectivity index (χ1) is 8.66. The fourth-order valence-corrected chi connectivity index (χ4v) is 2.20. The Labute approximate surface area is 109 Å². The Hall–Kier alpha value is -1.27. The molecule has 0 bridgehead atoms. The predicted octanol–water partition coefficient (Wildman–Crippen LogP) is 2.05. The average Bonchev–Trinajstić information content (AvgIpc) is 2.33. The third-order valence-corrected chi connectivity index (χ3v) is 3.31. The summed E-state index contributed by atoms with van der Waals surface area (Å²) < 4.78 is 13.3. The van der Waals surface area contributed by atoms with Crippen molar-refractivity contribution in [2.24, 2.45) is 0 Å². The minimum atomic E-state index is -1.27. The van der Waals surface area contributed by atoms with Gasteiger partial charge in [0.1, 0.15) is 11.4 Å². The summed E-state index contributed by atoms with van der Waals surface area (Å²) >= 11 is 1.65. The molecule has 0 fully saturated rings. The Balaban J connectivity index is 2.47. The molecule has 1 rings (SSSR count). The number of hydrogen-bond acceptors (Lipinski definition) is 4. The van der Waals surface area contributed by atoms with Crippen LogP contribution in [0.25, 0.3) is 0 Å². The molecular weight excluding hydrogens is 257 g/mol. The van der Waals surface area contributed by atoms with Crippen LogP contribution in [0, 0.1) is 5.82 Å². The van der Waals surface area contributed by atoms with Crippen LogP contribution < -0.4 is 5.32 Å². The predicted molar refractivity (Wildman–Crippen MR) is 70.9 cm³/mol. The highest BCUT2D eigenvalue weighted by Gasteiger charge is 2.14. The molecule has 0 aliphatic rings. The molecule has 0 unspecified atom stereocenters. The van der Waals surface area contributed by atoms with Crippen molar-refractivity contribution in [3.05, 3.63) is 29.6 Å². The molecule has 0 heterocycles. The summed E-state index contributed by atoms with van der Waals surface area (Å²) in [7, 11) is 0. The van der Waals surface area contributed by atoms with Crippen molar-refractivity contribution in [1.29, 1.82) is 0 Å². The van der Waals surface area contributed by atoms with E-state index in [-0.39, 0.29) is 12.2 Å². The molecule has 18 heavy (non-hydrogen) atoms. The number of thioether (sulfide) groups is 1. The van der Waals surface area contributed by atoms with E-state index < -0.39 is 11.8 Å². The monoisotopic (exact) mass is 273 g/mol. The molecule has 100 valence electrons. The number of aliphatic hydroxyl groups excluding tert-OH is 1. The molecule has 0 atom stereocenters. The van der Waals surface area contributed by atoms with Crippen LogP contribution in [-0.2, 0) is 0 Å². The highest BCUT2D eigenvalue weighted by molar-refractivity contribution is 7.99. The van der Waals surface area contributed by atoms with E-state index in [1.54, 1.807) is 17.8 Å². The molecule has 3 N–H and O–H groups in total. The number of carboxylic acid groups (broad SMARTS) is 1. The molecule has 0 amide bonds. The van der Waals surface area contributed by atoms with Crippen molar-refractivity contribution in [2.75, 3.05) is 30.0 Å². The highest BCUT2D eigenvalue weighted by Crippen LogP contribution is 2.18. The average molecular weight is 273 g/mol. The van der Waals surface area contributed by atoms with Gasteiger partial charge in [0.2, 0.25) is 0 Å². The number of carboxylic acids is 1. The lowest BCUT2D eigenvalue weighted by atomic mass is 10.1. The van der Waals surface area contributed by atoms with Crippen LogP contribution in [-0.4, -0.2) is 40.8 Å². The number of anilines is 1. The summed E-state index contributed by atoms with van der Waals surface area (Å²) in [6.45, 7) is 0.729. The Bertz CT molecular complexity index is 401. The van der Waals surface area contributed by atoms with Crippen molar-refractivity contribution in [1.82, 2.24) is 0 Å². The van der Waals surface area contributed by atoms with Gasteiger partial charge in [-0.2, -0.15) is 11.8 Å². The summed E-state index contributed by atoms with van der Waals surface area (Å²) in [6.07, 6.45) is 0.741. The smallest absolute Gasteiger partial charge is 0.340 e. The van der Waals surface area contributed by atoms with Crippen LogP contribution >= 0.6 is 11.8 Å². The molecule has 0 aromatic heterocycles. The van der Waals surface area contributed by atoms with Crippen molar-refractivity contribution < 1.29 is 19.4 Å². The van der Waals surface area contributed by atoms with Gasteiger partial charge in [-0.15, -0.1) is 0 Å². The van der Waals surface area contributed by atoms with Gasteiger partial charge in [-0.05, 0) is 24.3 Å². The molecule has 1 aromatic rings. The molecular formula is C12H16FNO3S. The van der Waals surface area contributed by atoms with E-state index in [4.69, 9.17) is 10.2 Å². The van der Waals surface area contributed by atoms with E-state index in [0.29, 0.717) is 12.2 Å². The molecule has 0 saturated carbocycles. The van der Waals surface area contributed by atoms with Gasteiger partial charge in [-0.25, -0.2) is 9.18 Å². The van der Waals surface area contributed by atoms with E-state index >= 15 is 0 Å². The standard InChI is InChI=1S/C12H16FNO3S/c13-9-3-1-4-10(11(9)12(16)17)14-5-8-18-7-2-6-15/h1,3-4,14-15H,2,5-8H2,(H,16,17). The van der Waals surface area contributed by atoms with E-state index in [1.807, 2.05) is 0 Å². The summed E-state index contributed by atoms with van der Waals surface area (Å²) in [5.41, 5.74) is -0.0249. The Kier molecular flexibility index (Phi) is 6.53. The van der Waals surface area contributed by atoms with Gasteiger partial charge in [0.25, 0.3) is 0 Å². The molecule has 0 radical (unpaired) electrons. The van der Waals surface area contributed by atoms with Crippen LogP contribution in [0.2, 0.25) is 0 Å². The molecule has 0 spiro atoms. The first kappa shape index (κ1) is 14.8. The highest BCUT2D eigenvalue weighted by atomic mass is 32.2. The van der Waals surface area contributed by atoms with Gasteiger partial charge < -0.3 is 15.5 Å². The minimum Gasteiger partial charge on any atom is -0.478 e. The van der Waals surface area contributed by atoms with Gasteiger partial charge in [0.15, 0.2) is 0 Å². The minimum absolute atomic E-state index is 0.174. The van der Waals surface area contributed by atoms with E-state index in [1.165, 1.54) is 6.07 Å². The zero-order valence-corrected chi connectivity index (χ0v) is 10.7. The number of carbonyl (C=O) groups is 1. The molecule has 0 aliphatic heterocycles. The Morgan fingerprint density at radius 1 is 1.39 bits per heavy atom. The number of halogens is 1. The summed E-state index contributed by atoms with van der Waals surface area (Å²) in [4.78, 5) is 10.9. The first-order valence-corrected chi connectivity index (χ1v) is 6.76. The third-order valence-electron chi connectivity index (χ3n) is 2.24. The van der Waals surface area contributed by atoms with Crippen LogP contribution in [0.1, 0.15) is 16.8 Å². The largest absolute Gasteiger partial charge is 0.478 e. The number of rotatable bonds is 8. The number of aliphatic hydroxyl groups is 1. The second-order valence-corrected chi connectivity index (χ2v) is 4.81. The van der Waals surface area contributed by atoms with Crippen LogP contribution in [0.5, 0.6) is 0 Å². The van der Waals surface area contributed by atoms with Crippen molar-refractivity contribution in [3.63, 3.8) is 0 Å². The normalized spacial score (nSPS) is 10.3. The van der Waals surface area contributed by atoms with Gasteiger partial charge in [0.05, 0.1) is 5.69 Å². The molecule has 6 heteroatoms. The lowest BCUT2D eigenvalue weighted by Crippen LogP contribution is -2.11.